The van der Waals surface area contributed by atoms with Gasteiger partial charge in [0, 0.05) is 19.7 Å². The normalized spacial score (nSPS) is 28.9. The lowest BCUT2D eigenvalue weighted by Crippen LogP contribution is -2.50. The molecule has 7 heteroatoms. The Morgan fingerprint density at radius 2 is 2.24 bits per heavy atom. The van der Waals surface area contributed by atoms with Crippen molar-refractivity contribution in [3.63, 3.8) is 0 Å². The summed E-state index contributed by atoms with van der Waals surface area (Å²) < 4.78 is 14.0. The predicted molar refractivity (Wildman–Crippen MR) is 87.6 cm³/mol. The van der Waals surface area contributed by atoms with Gasteiger partial charge in [-0.3, -0.25) is 9.10 Å². The molecule has 0 aliphatic carbocycles. The number of carbonyl (C=O) groups excluding carboxylic acids is 1. The van der Waals surface area contributed by atoms with Gasteiger partial charge >= 0.3 is 0 Å². The van der Waals surface area contributed by atoms with Crippen molar-refractivity contribution in [3.05, 3.63) is 29.8 Å². The molecule has 0 bridgehead atoms. The van der Waals surface area contributed by atoms with E-state index in [1.807, 2.05) is 25.1 Å². The van der Waals surface area contributed by atoms with Gasteiger partial charge in [-0.1, -0.05) is 12.1 Å². The van der Waals surface area contributed by atoms with Crippen LogP contribution in [0.15, 0.2) is 29.3 Å². The van der Waals surface area contributed by atoms with Gasteiger partial charge in [0.05, 0.1) is 21.0 Å². The highest BCUT2D eigenvalue weighted by Crippen LogP contribution is 2.32. The van der Waals surface area contributed by atoms with Crippen molar-refractivity contribution in [1.82, 2.24) is 4.31 Å². The molecule has 2 atom stereocenters. The number of guanidine groups is 1. The average Bonchev–Trinajstić information content (AvgIpc) is 2.35. The van der Waals surface area contributed by atoms with Crippen LogP contribution in [0, 0.1) is 0 Å². The number of nitrogens with zero attached hydrogens (tertiary/aromatic N) is 2. The van der Waals surface area contributed by atoms with E-state index in [-0.39, 0.29) is 17.6 Å². The van der Waals surface area contributed by atoms with Gasteiger partial charge in [0.2, 0.25) is 11.9 Å². The van der Waals surface area contributed by atoms with Gasteiger partial charge in [0.25, 0.3) is 0 Å². The first-order valence-corrected chi connectivity index (χ1v) is 8.32. The highest BCUT2D eigenvalue weighted by molar-refractivity contribution is 7.98. The van der Waals surface area contributed by atoms with Crippen molar-refractivity contribution in [2.75, 3.05) is 18.1 Å². The highest BCUT2D eigenvalue weighted by Gasteiger charge is 2.36. The number of benzene rings is 1. The van der Waals surface area contributed by atoms with Crippen molar-refractivity contribution >= 4 is 33.1 Å². The molecule has 1 unspecified atom stereocenters. The lowest BCUT2D eigenvalue weighted by molar-refractivity contribution is -0.114. The van der Waals surface area contributed by atoms with Gasteiger partial charge in [0.15, 0.2) is 0 Å². The smallest absolute Gasteiger partial charge is 0.221 e. The first kappa shape index (κ1) is 15.4. The third-order valence-corrected chi connectivity index (χ3v) is 5.69. The number of aliphatic imine (C=N–C) groups is 1. The number of hydrogen-bond donors (Lipinski definition) is 2. The van der Waals surface area contributed by atoms with Crippen LogP contribution in [0.2, 0.25) is 0 Å². The van der Waals surface area contributed by atoms with Crippen LogP contribution in [0.1, 0.15) is 19.4 Å². The molecule has 1 aromatic rings. The molecule has 3 N–H and O–H groups in total. The van der Waals surface area contributed by atoms with Crippen LogP contribution in [0.3, 0.4) is 0 Å². The van der Waals surface area contributed by atoms with Gasteiger partial charge in [-0.05, 0) is 30.5 Å². The standard InChI is InChI=1S/C14H20N4O2S/c1-10(19)16-12-7-5-6-11(8-12)14(2)9-21(4,20)18(3)13(15)17-14/h5-8H,4,9H2,1-3H3,(H2,15,17)(H,16,19)/t14-,21?/m0/s1. The number of hydrogen-bond acceptors (Lipinski definition) is 4. The molecule has 6 nitrogen and oxygen atoms in total. The molecule has 2 rings (SSSR count). The largest absolute Gasteiger partial charge is 0.369 e. The molecule has 0 aromatic heterocycles. The van der Waals surface area contributed by atoms with E-state index in [0.29, 0.717) is 5.69 Å². The van der Waals surface area contributed by atoms with Crippen LogP contribution < -0.4 is 11.1 Å². The van der Waals surface area contributed by atoms with Crippen LogP contribution in [-0.4, -0.2) is 39.1 Å². The molecule has 1 aliphatic rings. The van der Waals surface area contributed by atoms with Gasteiger partial charge < -0.3 is 11.1 Å². The topological polar surface area (TPSA) is 87.8 Å². The van der Waals surface area contributed by atoms with Gasteiger partial charge in [0.1, 0.15) is 0 Å². The average molecular weight is 308 g/mol. The second-order valence-corrected chi connectivity index (χ2v) is 7.80. The fourth-order valence-corrected chi connectivity index (χ4v) is 4.03. The molecular weight excluding hydrogens is 288 g/mol. The molecule has 0 spiro atoms. The zero-order chi connectivity index (χ0) is 15.8. The molecule has 1 aliphatic heterocycles. The van der Waals surface area contributed by atoms with Crippen molar-refractivity contribution < 1.29 is 9.00 Å². The van der Waals surface area contributed by atoms with Crippen molar-refractivity contribution in [3.8, 4) is 0 Å². The van der Waals surface area contributed by atoms with Crippen LogP contribution in [-0.2, 0) is 20.0 Å². The van der Waals surface area contributed by atoms with E-state index >= 15 is 0 Å². The van der Waals surface area contributed by atoms with Crippen LogP contribution in [0.4, 0.5) is 5.69 Å². The number of anilines is 1. The summed E-state index contributed by atoms with van der Waals surface area (Å²) in [4.78, 5) is 15.6. The fraction of sp³-hybridized carbons (Fsp3) is 0.357. The fourth-order valence-electron chi connectivity index (χ4n) is 2.35. The molecule has 1 heterocycles. The molecule has 21 heavy (non-hydrogen) atoms. The molecule has 1 aromatic carbocycles. The van der Waals surface area contributed by atoms with E-state index in [2.05, 4.69) is 16.2 Å². The summed E-state index contributed by atoms with van der Waals surface area (Å²) in [7, 11) is -0.886. The third-order valence-electron chi connectivity index (χ3n) is 3.49. The molecule has 0 saturated heterocycles. The van der Waals surface area contributed by atoms with Gasteiger partial charge in [-0.2, -0.15) is 0 Å². The molecule has 114 valence electrons. The number of carbonyl (C=O) groups is 1. The first-order chi connectivity index (χ1) is 9.64. The molecule has 0 saturated carbocycles. The monoisotopic (exact) mass is 308 g/mol. The van der Waals surface area contributed by atoms with Crippen molar-refractivity contribution in [1.29, 1.82) is 0 Å². The van der Waals surface area contributed by atoms with E-state index < -0.39 is 15.2 Å². The minimum absolute atomic E-state index is 0.148. The number of amides is 1. The molecule has 0 radical (unpaired) electrons. The summed E-state index contributed by atoms with van der Waals surface area (Å²) in [6.45, 7) is 3.31. The first-order valence-electron chi connectivity index (χ1n) is 6.46. The Morgan fingerprint density at radius 3 is 2.81 bits per heavy atom. The van der Waals surface area contributed by atoms with E-state index in [9.17, 15) is 9.00 Å². The summed E-state index contributed by atoms with van der Waals surface area (Å²) in [6.07, 6.45) is 0. The summed E-state index contributed by atoms with van der Waals surface area (Å²) in [5, 5.41) is 2.73. The van der Waals surface area contributed by atoms with E-state index in [0.717, 1.165) is 5.56 Å². The Kier molecular flexibility index (Phi) is 3.71. The van der Waals surface area contributed by atoms with Gasteiger partial charge in [-0.25, -0.2) is 9.20 Å². The van der Waals surface area contributed by atoms with Crippen molar-refractivity contribution in [2.24, 2.45) is 10.7 Å². The summed E-state index contributed by atoms with van der Waals surface area (Å²) in [5.41, 5.74) is 6.65. The maximum atomic E-state index is 12.6. The predicted octanol–water partition coefficient (Wildman–Crippen LogP) is 0.752. The summed E-state index contributed by atoms with van der Waals surface area (Å²) in [5.74, 6) is 4.09. The second-order valence-electron chi connectivity index (χ2n) is 5.42. The molecule has 0 fully saturated rings. The van der Waals surface area contributed by atoms with E-state index in [4.69, 9.17) is 5.73 Å². The van der Waals surface area contributed by atoms with Crippen LogP contribution in [0.25, 0.3) is 0 Å². The number of nitrogens with one attached hydrogen (secondary N) is 1. The highest BCUT2D eigenvalue weighted by atomic mass is 32.2. The Labute approximate surface area is 125 Å². The third kappa shape index (κ3) is 3.02. The number of rotatable bonds is 2. The Hall–Kier alpha value is -2.02. The lowest BCUT2D eigenvalue weighted by Gasteiger charge is -2.37. The molecular formula is C14H20N4O2S. The second kappa shape index (κ2) is 5.07. The summed E-state index contributed by atoms with van der Waals surface area (Å²) >= 11 is 0. The minimum Gasteiger partial charge on any atom is -0.369 e. The maximum Gasteiger partial charge on any atom is 0.221 e. The zero-order valence-corrected chi connectivity index (χ0v) is 13.2. The number of nitrogens with two attached hydrogens (primary N) is 1. The quantitative estimate of drug-likeness (QED) is 0.790. The van der Waals surface area contributed by atoms with Crippen LogP contribution >= 0.6 is 0 Å². The van der Waals surface area contributed by atoms with E-state index in [1.165, 1.54) is 11.2 Å². The van der Waals surface area contributed by atoms with E-state index in [1.54, 1.807) is 13.1 Å². The lowest BCUT2D eigenvalue weighted by atomic mass is 9.94. The molecule has 1 amide bonds. The Balaban J connectivity index is 2.48. The zero-order valence-electron chi connectivity index (χ0n) is 12.4. The SMILES string of the molecule is C=S1(=O)C[C@@](C)(c2cccc(NC(C)=O)c2)N=C(N)N1C. The van der Waals surface area contributed by atoms with Crippen molar-refractivity contribution in [2.45, 2.75) is 19.4 Å². The Bertz CT molecular complexity index is 711. The minimum atomic E-state index is -2.51. The summed E-state index contributed by atoms with van der Waals surface area (Å²) in [6, 6.07) is 7.31. The maximum absolute atomic E-state index is 12.6. The Morgan fingerprint density at radius 1 is 1.57 bits per heavy atom. The van der Waals surface area contributed by atoms with Gasteiger partial charge in [-0.15, -0.1) is 0 Å². The van der Waals surface area contributed by atoms with Crippen LogP contribution in [0.5, 0.6) is 0 Å².